The van der Waals surface area contributed by atoms with Gasteiger partial charge in [-0.25, -0.2) is 4.39 Å². The van der Waals surface area contributed by atoms with Crippen molar-refractivity contribution in [1.82, 2.24) is 0 Å². The van der Waals surface area contributed by atoms with E-state index in [0.717, 1.165) is 17.3 Å². The van der Waals surface area contributed by atoms with E-state index in [0.29, 0.717) is 12.2 Å². The molecule has 2 rings (SSSR count). The van der Waals surface area contributed by atoms with Crippen molar-refractivity contribution in [2.75, 3.05) is 12.4 Å². The lowest BCUT2D eigenvalue weighted by Gasteiger charge is -2.17. The minimum atomic E-state index is -0.444. The number of halogens is 1. The number of methoxy groups -OCH3 is 1. The second-order valence-electron chi connectivity index (χ2n) is 4.70. The Hall–Kier alpha value is -2.07. The first kappa shape index (κ1) is 14.3. The van der Waals surface area contributed by atoms with Crippen molar-refractivity contribution in [3.8, 4) is 5.75 Å². The van der Waals surface area contributed by atoms with Gasteiger partial charge >= 0.3 is 0 Å². The van der Waals surface area contributed by atoms with Crippen LogP contribution in [0.15, 0.2) is 42.5 Å². The maximum absolute atomic E-state index is 13.0. The Bertz CT molecular complexity index is 586. The summed E-state index contributed by atoms with van der Waals surface area (Å²) in [4.78, 5) is 0. The quantitative estimate of drug-likeness (QED) is 0.870. The first-order chi connectivity index (χ1) is 9.60. The summed E-state index contributed by atoms with van der Waals surface area (Å²) in [6, 6.07) is 11.8. The minimum absolute atomic E-state index is 0.0435. The fraction of sp³-hybridized carbons (Fsp3) is 0.250. The molecule has 0 bridgehead atoms. The SMILES string of the molecule is COCc1cccc(NC(C)c2ccc(F)cc2O)c1. The van der Waals surface area contributed by atoms with Crippen LogP contribution < -0.4 is 5.32 Å². The molecule has 0 aromatic heterocycles. The highest BCUT2D eigenvalue weighted by atomic mass is 19.1. The van der Waals surface area contributed by atoms with Crippen molar-refractivity contribution in [1.29, 1.82) is 0 Å². The van der Waals surface area contributed by atoms with Gasteiger partial charge in [-0.2, -0.15) is 0 Å². The minimum Gasteiger partial charge on any atom is -0.507 e. The van der Waals surface area contributed by atoms with Gasteiger partial charge in [0.05, 0.1) is 12.6 Å². The number of phenolic OH excluding ortho intramolecular Hbond substituents is 1. The summed E-state index contributed by atoms with van der Waals surface area (Å²) >= 11 is 0. The molecule has 0 aliphatic heterocycles. The number of phenols is 1. The van der Waals surface area contributed by atoms with Crippen LogP contribution in [0, 0.1) is 5.82 Å². The largest absolute Gasteiger partial charge is 0.507 e. The van der Waals surface area contributed by atoms with E-state index in [1.54, 1.807) is 13.2 Å². The molecule has 0 aliphatic carbocycles. The predicted molar refractivity (Wildman–Crippen MR) is 77.3 cm³/mol. The van der Waals surface area contributed by atoms with Crippen LogP contribution in [0.25, 0.3) is 0 Å². The molecular formula is C16H18FNO2. The summed E-state index contributed by atoms with van der Waals surface area (Å²) in [6.45, 7) is 2.46. The summed E-state index contributed by atoms with van der Waals surface area (Å²) in [7, 11) is 1.65. The standard InChI is InChI=1S/C16H18FNO2/c1-11(15-7-6-13(17)9-16(15)19)18-14-5-3-4-12(8-14)10-20-2/h3-9,11,18-19H,10H2,1-2H3. The highest BCUT2D eigenvalue weighted by molar-refractivity contribution is 5.49. The van der Waals surface area contributed by atoms with Gasteiger partial charge in [0.1, 0.15) is 11.6 Å². The smallest absolute Gasteiger partial charge is 0.126 e. The third-order valence-electron chi connectivity index (χ3n) is 3.08. The number of rotatable bonds is 5. The zero-order valence-corrected chi connectivity index (χ0v) is 11.6. The van der Waals surface area contributed by atoms with Crippen LogP contribution in [0.1, 0.15) is 24.1 Å². The summed E-state index contributed by atoms with van der Waals surface area (Å²) in [5.74, 6) is -0.487. The molecule has 4 heteroatoms. The molecule has 2 aromatic carbocycles. The lowest BCUT2D eigenvalue weighted by molar-refractivity contribution is 0.185. The Labute approximate surface area is 118 Å². The van der Waals surface area contributed by atoms with Crippen LogP contribution >= 0.6 is 0 Å². The molecule has 0 saturated heterocycles. The van der Waals surface area contributed by atoms with E-state index in [1.807, 2.05) is 31.2 Å². The van der Waals surface area contributed by atoms with Crippen molar-refractivity contribution in [3.05, 3.63) is 59.4 Å². The molecule has 0 fully saturated rings. The Morgan fingerprint density at radius 1 is 1.25 bits per heavy atom. The third-order valence-corrected chi connectivity index (χ3v) is 3.08. The van der Waals surface area contributed by atoms with Gasteiger partial charge in [0.25, 0.3) is 0 Å². The molecule has 1 atom stereocenters. The number of nitrogens with one attached hydrogen (secondary N) is 1. The molecule has 1 unspecified atom stereocenters. The maximum Gasteiger partial charge on any atom is 0.126 e. The molecule has 0 amide bonds. The molecule has 2 aromatic rings. The molecule has 0 spiro atoms. The number of anilines is 1. The average Bonchev–Trinajstić information content (AvgIpc) is 2.39. The summed E-state index contributed by atoms with van der Waals surface area (Å²) in [5.41, 5.74) is 2.65. The Balaban J connectivity index is 2.14. The second kappa shape index (κ2) is 6.39. The lowest BCUT2D eigenvalue weighted by Crippen LogP contribution is -2.07. The molecule has 106 valence electrons. The molecular weight excluding hydrogens is 257 g/mol. The molecule has 0 aliphatic rings. The van der Waals surface area contributed by atoms with Crippen LogP contribution in [0.4, 0.5) is 10.1 Å². The number of hydrogen-bond acceptors (Lipinski definition) is 3. The Morgan fingerprint density at radius 2 is 2.05 bits per heavy atom. The first-order valence-corrected chi connectivity index (χ1v) is 6.43. The number of benzene rings is 2. The monoisotopic (exact) mass is 275 g/mol. The molecule has 3 nitrogen and oxygen atoms in total. The van der Waals surface area contributed by atoms with Crippen LogP contribution in [-0.2, 0) is 11.3 Å². The van der Waals surface area contributed by atoms with E-state index in [2.05, 4.69) is 5.32 Å². The van der Waals surface area contributed by atoms with Crippen LogP contribution in [-0.4, -0.2) is 12.2 Å². The van der Waals surface area contributed by atoms with Gasteiger partial charge < -0.3 is 15.2 Å². The summed E-state index contributed by atoms with van der Waals surface area (Å²) in [5, 5.41) is 13.1. The molecule has 2 N–H and O–H groups in total. The van der Waals surface area contributed by atoms with E-state index in [4.69, 9.17) is 4.74 Å². The van der Waals surface area contributed by atoms with Gasteiger partial charge in [0, 0.05) is 24.4 Å². The molecule has 0 saturated carbocycles. The van der Waals surface area contributed by atoms with E-state index in [-0.39, 0.29) is 11.8 Å². The van der Waals surface area contributed by atoms with Crippen molar-refractivity contribution in [3.63, 3.8) is 0 Å². The normalized spacial score (nSPS) is 12.2. The molecule has 0 radical (unpaired) electrons. The number of aromatic hydroxyl groups is 1. The van der Waals surface area contributed by atoms with E-state index >= 15 is 0 Å². The second-order valence-corrected chi connectivity index (χ2v) is 4.70. The third kappa shape index (κ3) is 3.48. The van der Waals surface area contributed by atoms with Crippen LogP contribution in [0.5, 0.6) is 5.75 Å². The van der Waals surface area contributed by atoms with E-state index in [9.17, 15) is 9.50 Å². The van der Waals surface area contributed by atoms with Gasteiger partial charge in [0.2, 0.25) is 0 Å². The molecule has 20 heavy (non-hydrogen) atoms. The molecule has 0 heterocycles. The fourth-order valence-electron chi connectivity index (χ4n) is 2.13. The van der Waals surface area contributed by atoms with Crippen molar-refractivity contribution < 1.29 is 14.2 Å². The van der Waals surface area contributed by atoms with Gasteiger partial charge in [-0.1, -0.05) is 18.2 Å². The maximum atomic E-state index is 13.0. The zero-order valence-electron chi connectivity index (χ0n) is 11.6. The van der Waals surface area contributed by atoms with Crippen LogP contribution in [0.2, 0.25) is 0 Å². The topological polar surface area (TPSA) is 41.5 Å². The average molecular weight is 275 g/mol. The van der Waals surface area contributed by atoms with Gasteiger partial charge in [-0.05, 0) is 30.7 Å². The first-order valence-electron chi connectivity index (χ1n) is 6.43. The Morgan fingerprint density at radius 3 is 2.75 bits per heavy atom. The van der Waals surface area contributed by atoms with Gasteiger partial charge in [-0.15, -0.1) is 0 Å². The van der Waals surface area contributed by atoms with Crippen molar-refractivity contribution in [2.24, 2.45) is 0 Å². The van der Waals surface area contributed by atoms with Crippen LogP contribution in [0.3, 0.4) is 0 Å². The van der Waals surface area contributed by atoms with E-state index < -0.39 is 5.82 Å². The van der Waals surface area contributed by atoms with E-state index in [1.165, 1.54) is 6.07 Å². The van der Waals surface area contributed by atoms with Crippen molar-refractivity contribution in [2.45, 2.75) is 19.6 Å². The van der Waals surface area contributed by atoms with Gasteiger partial charge in [0.15, 0.2) is 0 Å². The summed E-state index contributed by atoms with van der Waals surface area (Å²) < 4.78 is 18.1. The summed E-state index contributed by atoms with van der Waals surface area (Å²) in [6.07, 6.45) is 0. The predicted octanol–water partition coefficient (Wildman–Crippen LogP) is 3.85. The number of hydrogen-bond donors (Lipinski definition) is 2. The van der Waals surface area contributed by atoms with Crippen molar-refractivity contribution >= 4 is 5.69 Å². The fourth-order valence-corrected chi connectivity index (χ4v) is 2.13. The Kier molecular flexibility index (Phi) is 4.58. The lowest BCUT2D eigenvalue weighted by atomic mass is 10.1. The highest BCUT2D eigenvalue weighted by Gasteiger charge is 2.11. The zero-order chi connectivity index (χ0) is 14.5. The van der Waals surface area contributed by atoms with Gasteiger partial charge in [-0.3, -0.25) is 0 Å². The number of ether oxygens (including phenoxy) is 1. The highest BCUT2D eigenvalue weighted by Crippen LogP contribution is 2.27.